The highest BCUT2D eigenvalue weighted by atomic mass is 35.5. The first kappa shape index (κ1) is 47.6. The molecular formula is C42H54ClF2N9O5. The van der Waals surface area contributed by atoms with Crippen molar-refractivity contribution in [2.45, 2.75) is 93.5 Å². The van der Waals surface area contributed by atoms with Gasteiger partial charge in [0.15, 0.2) is 17.2 Å². The van der Waals surface area contributed by atoms with Gasteiger partial charge in [-0.25, -0.2) is 23.7 Å². The van der Waals surface area contributed by atoms with Gasteiger partial charge in [-0.1, -0.05) is 63.6 Å². The fraction of sp³-hybridized carbons (Fsp3) is 0.429. The van der Waals surface area contributed by atoms with Crippen LogP contribution in [0.25, 0.3) is 0 Å². The molecule has 1 saturated heterocycles. The van der Waals surface area contributed by atoms with Gasteiger partial charge >= 0.3 is 0 Å². The summed E-state index contributed by atoms with van der Waals surface area (Å²) in [7, 11) is 0. The fourth-order valence-electron chi connectivity index (χ4n) is 5.97. The lowest BCUT2D eigenvalue weighted by Crippen LogP contribution is -2.46. The highest BCUT2D eigenvalue weighted by molar-refractivity contribution is 6.33. The highest BCUT2D eigenvalue weighted by Gasteiger charge is 2.26. The van der Waals surface area contributed by atoms with Gasteiger partial charge in [0, 0.05) is 44.9 Å². The summed E-state index contributed by atoms with van der Waals surface area (Å²) in [6.45, 7) is 22.4. The van der Waals surface area contributed by atoms with Crippen molar-refractivity contribution in [3.63, 3.8) is 0 Å². The van der Waals surface area contributed by atoms with Gasteiger partial charge in [0.1, 0.15) is 18.6 Å². The number of halogens is 3. The fourth-order valence-corrected chi connectivity index (χ4v) is 6.20. The lowest BCUT2D eigenvalue weighted by Gasteiger charge is -2.29. The quantitative estimate of drug-likeness (QED) is 0.104. The van der Waals surface area contributed by atoms with E-state index >= 15 is 0 Å². The molecule has 0 saturated carbocycles. The third-order valence-corrected chi connectivity index (χ3v) is 9.42. The zero-order valence-electron chi connectivity index (χ0n) is 35.0. The van der Waals surface area contributed by atoms with E-state index in [0.717, 1.165) is 36.1 Å². The second kappa shape index (κ2) is 21.3. The Balaban J connectivity index is 0.000000728. The Morgan fingerprint density at radius 1 is 1.19 bits per heavy atom. The number of nitrogens with zero attached hydrogens (tertiary/aromatic N) is 7. The molecule has 2 aromatic heterocycles. The van der Waals surface area contributed by atoms with Gasteiger partial charge in [-0.2, -0.15) is 9.78 Å². The Bertz CT molecular complexity index is 2270. The Morgan fingerprint density at radius 3 is 2.41 bits per heavy atom. The van der Waals surface area contributed by atoms with Crippen molar-refractivity contribution >= 4 is 47.3 Å². The first-order valence-corrected chi connectivity index (χ1v) is 19.6. The molecule has 1 fully saturated rings. The Kier molecular flexibility index (Phi) is 17.2. The van der Waals surface area contributed by atoms with E-state index in [1.165, 1.54) is 25.4 Å². The van der Waals surface area contributed by atoms with E-state index in [0.29, 0.717) is 53.8 Å². The molecule has 0 bridgehead atoms. The van der Waals surface area contributed by atoms with Crippen molar-refractivity contribution in [1.82, 2.24) is 24.5 Å². The summed E-state index contributed by atoms with van der Waals surface area (Å²) in [5.41, 5.74) is 3.21. The average molecular weight is 838 g/mol. The Labute approximate surface area is 348 Å². The van der Waals surface area contributed by atoms with Crippen molar-refractivity contribution in [2.75, 3.05) is 29.9 Å². The highest BCUT2D eigenvalue weighted by Crippen LogP contribution is 2.32. The number of ketones is 1. The maximum absolute atomic E-state index is 14.1. The molecule has 3 aromatic rings. The number of aryl methyl sites for hydroxylation is 1. The molecule has 1 aromatic carbocycles. The number of carbonyl (C=O) groups excluding carboxylic acids is 3. The number of rotatable bonds is 16. The van der Waals surface area contributed by atoms with Gasteiger partial charge < -0.3 is 25.2 Å². The number of Topliss-reactive ketones (excluding diaryl/α,β-unsaturated/α-hetero) is 1. The topological polar surface area (TPSA) is 176 Å². The monoisotopic (exact) mass is 837 g/mol. The molecule has 1 aliphatic rings. The Morgan fingerprint density at radius 2 is 1.88 bits per heavy atom. The van der Waals surface area contributed by atoms with Crippen LogP contribution in [0.2, 0.25) is 5.02 Å². The zero-order chi connectivity index (χ0) is 44.2. The van der Waals surface area contributed by atoms with Crippen LogP contribution in [0.1, 0.15) is 95.2 Å². The number of alkyl halides is 2. The summed E-state index contributed by atoms with van der Waals surface area (Å²) < 4.78 is 30.5. The largest absolute Gasteiger partial charge is 0.504 e. The smallest absolute Gasteiger partial charge is 0.299 e. The molecule has 0 atom stereocenters. The normalized spacial score (nSPS) is 14.0. The third kappa shape index (κ3) is 12.9. The standard InChI is InChI=1S/C35H46ClF2N7O3.C7H8N2O2/c1-9-16-43(17-15-22(3)4)32-29(10-2)44(21-31(47)42-28-14-12-25(19-26(28)36)35(7,37)38)34(45(39-8)33(32)48)40-20-23(5)11-13-27-24(6)18-30(46)41-27;1-4-7(11)6(5(2)10)9-3-8-4/h11-14,19,22H,6,8-10,15-18,20-21H2,1-5,7H3,(H,41,46)(H,42,47);3,11H,1-2H3/b23-11+,27-13+,40-34?;. The van der Waals surface area contributed by atoms with E-state index in [2.05, 4.69) is 52.8 Å². The van der Waals surface area contributed by atoms with Gasteiger partial charge in [0.25, 0.3) is 11.5 Å². The summed E-state index contributed by atoms with van der Waals surface area (Å²) in [5.74, 6) is -3.72. The van der Waals surface area contributed by atoms with Crippen molar-refractivity contribution in [1.29, 1.82) is 0 Å². The number of carbonyl (C=O) groups is 3. The molecule has 3 N–H and O–H groups in total. The number of amides is 2. The summed E-state index contributed by atoms with van der Waals surface area (Å²) >= 11 is 6.29. The number of aromatic hydroxyl groups is 1. The first-order chi connectivity index (χ1) is 27.7. The van der Waals surface area contributed by atoms with Crippen LogP contribution in [0.5, 0.6) is 5.75 Å². The summed E-state index contributed by atoms with van der Waals surface area (Å²) in [6.07, 6.45) is 7.06. The SMILES string of the molecule is C=Nn1c(=O)c(N(CCC)CCC(C)C)c(CC)n(CC(=O)Nc2ccc(C(C)(F)F)cc2Cl)c1=NC/C(C)=C/C=C1/NC(=O)CC1=C.CC(=O)c1ncnc(C)c1O. The molecule has 0 spiro atoms. The molecule has 318 valence electrons. The van der Waals surface area contributed by atoms with Crippen LogP contribution in [-0.4, -0.2) is 68.3 Å². The lowest BCUT2D eigenvalue weighted by molar-refractivity contribution is -0.118. The minimum Gasteiger partial charge on any atom is -0.504 e. The summed E-state index contributed by atoms with van der Waals surface area (Å²) in [6, 6.07) is 3.66. The van der Waals surface area contributed by atoms with Crippen LogP contribution < -0.4 is 26.7 Å². The molecule has 0 radical (unpaired) electrons. The van der Waals surface area contributed by atoms with Crippen molar-refractivity contribution in [3.05, 3.63) is 104 Å². The number of aromatic nitrogens is 4. The second-order valence-corrected chi connectivity index (χ2v) is 15.0. The number of anilines is 2. The Hall–Kier alpha value is -5.77. The van der Waals surface area contributed by atoms with Gasteiger partial charge in [0.2, 0.25) is 17.4 Å². The van der Waals surface area contributed by atoms with E-state index < -0.39 is 17.4 Å². The molecular weight excluding hydrogens is 784 g/mol. The number of benzene rings is 1. The maximum Gasteiger partial charge on any atom is 0.299 e. The molecule has 59 heavy (non-hydrogen) atoms. The minimum absolute atomic E-state index is 0.0368. The van der Waals surface area contributed by atoms with Crippen LogP contribution >= 0.6 is 11.6 Å². The first-order valence-electron chi connectivity index (χ1n) is 19.2. The van der Waals surface area contributed by atoms with Crippen LogP contribution in [0.3, 0.4) is 0 Å². The van der Waals surface area contributed by atoms with E-state index in [1.807, 2.05) is 25.7 Å². The number of hydrogen-bond acceptors (Lipinski definition) is 10. The minimum atomic E-state index is -3.10. The summed E-state index contributed by atoms with van der Waals surface area (Å²) in [4.78, 5) is 64.3. The van der Waals surface area contributed by atoms with Gasteiger partial charge in [-0.3, -0.25) is 19.2 Å². The molecule has 4 rings (SSSR count). The number of hydrogen-bond donors (Lipinski definition) is 3. The maximum atomic E-state index is 14.1. The van der Waals surface area contributed by atoms with Gasteiger partial charge in [0.05, 0.1) is 35.1 Å². The van der Waals surface area contributed by atoms with Crippen LogP contribution in [-0.2, 0) is 28.5 Å². The average Bonchev–Trinajstić information content (AvgIpc) is 3.49. The van der Waals surface area contributed by atoms with Gasteiger partial charge in [-0.05, 0) is 62.8 Å². The van der Waals surface area contributed by atoms with Gasteiger partial charge in [-0.15, -0.1) is 0 Å². The molecule has 1 aliphatic heterocycles. The molecule has 0 unspecified atom stereocenters. The predicted molar refractivity (Wildman–Crippen MR) is 227 cm³/mol. The third-order valence-electron chi connectivity index (χ3n) is 9.11. The number of allylic oxidation sites excluding steroid dienone is 3. The van der Waals surface area contributed by atoms with E-state index in [4.69, 9.17) is 16.6 Å². The lowest BCUT2D eigenvalue weighted by atomic mass is 10.1. The molecule has 0 aliphatic carbocycles. The molecule has 14 nitrogen and oxygen atoms in total. The second-order valence-electron chi connectivity index (χ2n) is 14.5. The molecule has 17 heteroatoms. The predicted octanol–water partition coefficient (Wildman–Crippen LogP) is 6.84. The zero-order valence-corrected chi connectivity index (χ0v) is 35.7. The molecule has 3 heterocycles. The van der Waals surface area contributed by atoms with Crippen molar-refractivity contribution < 1.29 is 28.3 Å². The van der Waals surface area contributed by atoms with Crippen molar-refractivity contribution in [2.24, 2.45) is 16.0 Å². The van der Waals surface area contributed by atoms with E-state index in [9.17, 15) is 33.1 Å². The van der Waals surface area contributed by atoms with E-state index in [-0.39, 0.29) is 64.5 Å². The van der Waals surface area contributed by atoms with E-state index in [1.54, 1.807) is 23.6 Å². The van der Waals surface area contributed by atoms with Crippen LogP contribution in [0, 0.1) is 12.8 Å². The van der Waals surface area contributed by atoms with Crippen LogP contribution in [0.15, 0.2) is 75.0 Å². The summed E-state index contributed by atoms with van der Waals surface area (Å²) in [5, 5.41) is 18.7. The molecule has 2 amide bonds. The van der Waals surface area contributed by atoms with Crippen LogP contribution in [0.4, 0.5) is 20.2 Å². The number of nitrogens with one attached hydrogen (secondary N) is 2. The van der Waals surface area contributed by atoms with Crippen molar-refractivity contribution in [3.8, 4) is 5.75 Å².